The van der Waals surface area contributed by atoms with E-state index in [9.17, 15) is 31.5 Å². The van der Waals surface area contributed by atoms with Crippen molar-refractivity contribution in [3.8, 4) is 0 Å². The fourth-order valence-electron chi connectivity index (χ4n) is 3.95. The molecule has 236 valence electrons. The number of alkyl halides is 5. The summed E-state index contributed by atoms with van der Waals surface area (Å²) >= 11 is 0. The van der Waals surface area contributed by atoms with E-state index in [0.29, 0.717) is 28.6 Å². The predicted molar refractivity (Wildman–Crippen MR) is 141 cm³/mol. The Morgan fingerprint density at radius 2 is 1.88 bits per heavy atom. The molecular formula is C26H33F5N8O4. The van der Waals surface area contributed by atoms with Crippen LogP contribution in [0.1, 0.15) is 79.6 Å². The molecule has 0 spiro atoms. The molecule has 2 saturated carbocycles. The minimum atomic E-state index is -4.45. The number of rotatable bonds is 8. The molecule has 0 bridgehead atoms. The van der Waals surface area contributed by atoms with Crippen LogP contribution in [0.25, 0.3) is 11.2 Å². The van der Waals surface area contributed by atoms with E-state index in [1.54, 1.807) is 12.1 Å². The first kappa shape index (κ1) is 32.0. The summed E-state index contributed by atoms with van der Waals surface area (Å²) in [5.74, 6) is -2.85. The molecule has 43 heavy (non-hydrogen) atoms. The van der Waals surface area contributed by atoms with Crippen LogP contribution in [-0.4, -0.2) is 79.5 Å². The van der Waals surface area contributed by atoms with Crippen LogP contribution in [0.5, 0.6) is 0 Å². The van der Waals surface area contributed by atoms with Gasteiger partial charge in [-0.1, -0.05) is 24.4 Å². The Morgan fingerprint density at radius 1 is 1.19 bits per heavy atom. The van der Waals surface area contributed by atoms with E-state index >= 15 is 0 Å². The summed E-state index contributed by atoms with van der Waals surface area (Å²) in [7, 11) is 0. The number of hydrogen-bond acceptors (Lipinski definition) is 8. The van der Waals surface area contributed by atoms with E-state index in [0.717, 1.165) is 24.7 Å². The van der Waals surface area contributed by atoms with Gasteiger partial charge in [-0.3, -0.25) is 4.79 Å². The summed E-state index contributed by atoms with van der Waals surface area (Å²) in [5.41, 5.74) is 7.00. The predicted octanol–water partition coefficient (Wildman–Crippen LogP) is 4.23. The average Bonchev–Trinajstić information content (AvgIpc) is 3.87. The van der Waals surface area contributed by atoms with E-state index in [1.807, 2.05) is 0 Å². The molecule has 0 radical (unpaired) electrons. The molecule has 17 heteroatoms. The highest BCUT2D eigenvalue weighted by Gasteiger charge is 2.39. The normalized spacial score (nSPS) is 19.0. The second kappa shape index (κ2) is 13.2. The fraction of sp³-hybridized carbons (Fsp3) is 0.615. The van der Waals surface area contributed by atoms with E-state index in [-0.39, 0.29) is 24.3 Å². The second-order valence-electron chi connectivity index (χ2n) is 10.8. The zero-order valence-corrected chi connectivity index (χ0v) is 23.6. The number of primary amides is 1. The van der Waals surface area contributed by atoms with Gasteiger partial charge in [-0.05, 0) is 44.0 Å². The number of H-pyrrole nitrogens is 1. The molecule has 3 amide bonds. The van der Waals surface area contributed by atoms with Gasteiger partial charge >= 0.3 is 12.2 Å². The molecule has 12 nitrogen and oxygen atoms in total. The van der Waals surface area contributed by atoms with Crippen LogP contribution in [0.15, 0.2) is 16.8 Å². The number of nitrogens with one attached hydrogen (secondary N) is 2. The van der Waals surface area contributed by atoms with Gasteiger partial charge in [0.05, 0.1) is 36.9 Å². The second-order valence-corrected chi connectivity index (χ2v) is 10.8. The molecule has 2 atom stereocenters. The van der Waals surface area contributed by atoms with Crippen molar-refractivity contribution in [2.24, 2.45) is 5.73 Å². The molecule has 2 aliphatic carbocycles. The van der Waals surface area contributed by atoms with Crippen molar-refractivity contribution in [2.45, 2.75) is 89.1 Å². The SMILES string of the molecule is C1CC1.C[C@H](Cc1nc2nc(CN3CC(F)(F)CNC3=O)ccc2[nH]1)O[C@H](C)C(F)(F)F.NC(=O)c1nonc1C1CC1. The monoisotopic (exact) mass is 616 g/mol. The van der Waals surface area contributed by atoms with E-state index < -0.39 is 49.3 Å². The van der Waals surface area contributed by atoms with Gasteiger partial charge in [0, 0.05) is 12.3 Å². The lowest BCUT2D eigenvalue weighted by molar-refractivity contribution is -0.224. The quantitative estimate of drug-likeness (QED) is 0.316. The zero-order chi connectivity index (χ0) is 31.4. The molecule has 0 aromatic carbocycles. The number of hydrogen-bond donors (Lipinski definition) is 3. The zero-order valence-electron chi connectivity index (χ0n) is 23.6. The summed E-state index contributed by atoms with van der Waals surface area (Å²) in [5, 5.41) is 9.15. The minimum absolute atomic E-state index is 0.104. The van der Waals surface area contributed by atoms with Gasteiger partial charge in [-0.25, -0.2) is 28.2 Å². The Hall–Kier alpha value is -3.89. The maximum absolute atomic E-state index is 13.5. The number of ether oxygens (including phenoxy) is 1. The fourth-order valence-corrected chi connectivity index (χ4v) is 3.95. The topological polar surface area (TPSA) is 165 Å². The molecular weight excluding hydrogens is 583 g/mol. The van der Waals surface area contributed by atoms with Crippen molar-refractivity contribution in [1.29, 1.82) is 0 Å². The Labute approximate surface area is 242 Å². The maximum Gasteiger partial charge on any atom is 0.414 e. The lowest BCUT2D eigenvalue weighted by Crippen LogP contribution is -2.56. The summed E-state index contributed by atoms with van der Waals surface area (Å²) in [6, 6.07) is 2.58. The van der Waals surface area contributed by atoms with Gasteiger partial charge in [0.15, 0.2) is 17.4 Å². The van der Waals surface area contributed by atoms with Gasteiger partial charge in [0.2, 0.25) is 0 Å². The first-order valence-corrected chi connectivity index (χ1v) is 13.8. The summed E-state index contributed by atoms with van der Waals surface area (Å²) in [6.07, 6.45) is -0.391. The third kappa shape index (κ3) is 9.56. The van der Waals surface area contributed by atoms with Gasteiger partial charge in [-0.15, -0.1) is 0 Å². The molecule has 6 rings (SSSR count). The number of amides is 3. The number of fused-ring (bicyclic) bond motifs is 1. The smallest absolute Gasteiger partial charge is 0.366 e. The van der Waals surface area contributed by atoms with Gasteiger partial charge in [-0.2, -0.15) is 13.2 Å². The molecule has 1 aliphatic heterocycles. The van der Waals surface area contributed by atoms with Crippen LogP contribution in [0, 0.1) is 0 Å². The van der Waals surface area contributed by atoms with Gasteiger partial charge in [0.1, 0.15) is 11.5 Å². The van der Waals surface area contributed by atoms with Crippen molar-refractivity contribution in [3.63, 3.8) is 0 Å². The highest BCUT2D eigenvalue weighted by Crippen LogP contribution is 2.40. The molecule has 3 fully saturated rings. The summed E-state index contributed by atoms with van der Waals surface area (Å²) < 4.78 is 74.1. The van der Waals surface area contributed by atoms with Crippen LogP contribution in [-0.2, 0) is 17.7 Å². The first-order valence-electron chi connectivity index (χ1n) is 13.8. The largest absolute Gasteiger partial charge is 0.414 e. The van der Waals surface area contributed by atoms with Crippen molar-refractivity contribution >= 4 is 23.1 Å². The first-order chi connectivity index (χ1) is 20.2. The molecule has 0 unspecified atom stereocenters. The number of halogens is 5. The summed E-state index contributed by atoms with van der Waals surface area (Å²) in [6.45, 7) is 0.899. The summed E-state index contributed by atoms with van der Waals surface area (Å²) in [4.78, 5) is 34.8. The van der Waals surface area contributed by atoms with Crippen LogP contribution < -0.4 is 11.1 Å². The Kier molecular flexibility index (Phi) is 9.82. The molecule has 3 aliphatic rings. The molecule has 3 aromatic rings. The standard InChI is InChI=1S/C17H20F5N5O2.C6H7N3O2.C3H6/c1-9(29-10(2)17(20,21)22)5-13-25-12-4-3-11(24-14(12)26-13)6-27-8-16(18,19)7-23-15(27)28;7-6(10)5-4(3-1-2-3)8-11-9-5;1-2-3-1/h3-4,9-10H,5-8H2,1-2H3,(H,23,28)(H,24,25,26);3H,1-2H2,(H2,7,10);1-3H2/t9-,10-;;/m1../s1. The lowest BCUT2D eigenvalue weighted by Gasteiger charge is -2.32. The van der Waals surface area contributed by atoms with Crippen molar-refractivity contribution in [2.75, 3.05) is 13.1 Å². The Morgan fingerprint density at radius 3 is 2.49 bits per heavy atom. The van der Waals surface area contributed by atoms with Crippen LogP contribution >= 0.6 is 0 Å². The minimum Gasteiger partial charge on any atom is -0.366 e. The molecule has 1 saturated heterocycles. The number of nitrogens with two attached hydrogens (primary N) is 1. The van der Waals surface area contributed by atoms with Gasteiger partial charge < -0.3 is 25.7 Å². The van der Waals surface area contributed by atoms with Crippen molar-refractivity contribution < 1.29 is 40.9 Å². The number of imidazole rings is 1. The van der Waals surface area contributed by atoms with Gasteiger partial charge in [0.25, 0.3) is 11.8 Å². The number of urea groups is 1. The lowest BCUT2D eigenvalue weighted by atomic mass is 10.2. The Balaban J connectivity index is 0.000000245. The molecule has 4 N–H and O–H groups in total. The number of carbonyl (C=O) groups excluding carboxylic acids is 2. The molecule has 4 heterocycles. The molecule has 3 aromatic heterocycles. The third-order valence-corrected chi connectivity index (χ3v) is 6.46. The van der Waals surface area contributed by atoms with Crippen molar-refractivity contribution in [1.82, 2.24) is 35.5 Å². The highest BCUT2D eigenvalue weighted by atomic mass is 19.4. The number of aromatic nitrogens is 5. The Bertz CT molecular complexity index is 1400. The van der Waals surface area contributed by atoms with E-state index in [1.165, 1.54) is 26.2 Å². The maximum atomic E-state index is 13.5. The number of carbonyl (C=O) groups is 2. The average molecular weight is 617 g/mol. The van der Waals surface area contributed by atoms with Crippen LogP contribution in [0.2, 0.25) is 0 Å². The van der Waals surface area contributed by atoms with Crippen molar-refractivity contribution in [3.05, 3.63) is 35.0 Å². The third-order valence-electron chi connectivity index (χ3n) is 6.46. The number of pyridine rings is 1. The number of nitrogens with zero attached hydrogens (tertiary/aromatic N) is 5. The van der Waals surface area contributed by atoms with E-state index in [4.69, 9.17) is 10.5 Å². The van der Waals surface area contributed by atoms with Crippen LogP contribution in [0.4, 0.5) is 26.7 Å². The van der Waals surface area contributed by atoms with Crippen LogP contribution in [0.3, 0.4) is 0 Å². The highest BCUT2D eigenvalue weighted by molar-refractivity contribution is 5.91. The van der Waals surface area contributed by atoms with E-state index in [2.05, 4.69) is 35.2 Å². The number of aromatic amines is 1.